The van der Waals surface area contributed by atoms with Crippen LogP contribution in [0.5, 0.6) is 0 Å². The van der Waals surface area contributed by atoms with Crippen molar-refractivity contribution in [1.29, 1.82) is 0 Å². The monoisotopic (exact) mass is 113 g/mol. The summed E-state index contributed by atoms with van der Waals surface area (Å²) in [4.78, 5) is 10.00. The molecule has 0 bridgehead atoms. The van der Waals surface area contributed by atoms with Crippen LogP contribution in [0.4, 0.5) is 0 Å². The normalized spacial score (nSPS) is 11.0. The lowest BCUT2D eigenvalue weighted by molar-refractivity contribution is -0.105. The molecule has 0 aliphatic carbocycles. The number of nitrogens with one attached hydrogen (secondary N) is 1. The Morgan fingerprint density at radius 3 is 2.50 bits per heavy atom. The smallest absolute Gasteiger partial charge is 0.165 e. The second-order valence-corrected chi connectivity index (χ2v) is 1.39. The number of aldehydes is 1. The lowest BCUT2D eigenvalue weighted by atomic mass is 10.4. The quantitative estimate of drug-likeness (QED) is 0.431. The van der Waals surface area contributed by atoms with Gasteiger partial charge in [-0.1, -0.05) is 6.08 Å². The van der Waals surface area contributed by atoms with Crippen molar-refractivity contribution < 1.29 is 4.79 Å². The Bertz CT molecular complexity index is 96.7. The Balaban J connectivity index is 3.54. The van der Waals surface area contributed by atoms with Crippen LogP contribution < -0.4 is 5.32 Å². The van der Waals surface area contributed by atoms with Gasteiger partial charge in [0.1, 0.15) is 0 Å². The molecule has 0 heterocycles. The first-order chi connectivity index (χ1) is 3.85. The Morgan fingerprint density at radius 2 is 2.38 bits per heavy atom. The predicted molar refractivity (Wildman–Crippen MR) is 33.5 cm³/mol. The molecule has 0 radical (unpaired) electrons. The molecule has 0 aromatic rings. The third-order valence-electron chi connectivity index (χ3n) is 0.819. The van der Waals surface area contributed by atoms with Crippen molar-refractivity contribution >= 4 is 6.29 Å². The Morgan fingerprint density at radius 1 is 1.75 bits per heavy atom. The molecule has 8 heavy (non-hydrogen) atoms. The van der Waals surface area contributed by atoms with E-state index in [4.69, 9.17) is 0 Å². The number of hydrogen-bond donors (Lipinski definition) is 1. The van der Waals surface area contributed by atoms with Crippen LogP contribution in [-0.2, 0) is 4.79 Å². The maximum absolute atomic E-state index is 10.00. The minimum Gasteiger partial charge on any atom is -0.383 e. The second-order valence-electron chi connectivity index (χ2n) is 1.39. The summed E-state index contributed by atoms with van der Waals surface area (Å²) in [7, 11) is 0. The van der Waals surface area contributed by atoms with Crippen LogP contribution in [0.1, 0.15) is 13.8 Å². The highest BCUT2D eigenvalue weighted by atomic mass is 16.1. The number of carbonyl (C=O) groups is 1. The molecule has 0 atom stereocenters. The summed E-state index contributed by atoms with van der Waals surface area (Å²) in [5, 5.41) is 2.88. The van der Waals surface area contributed by atoms with E-state index in [1.54, 1.807) is 6.08 Å². The SMILES string of the molecule is CC=C(C=O)NCC. The van der Waals surface area contributed by atoms with E-state index in [1.807, 2.05) is 13.8 Å². The van der Waals surface area contributed by atoms with Crippen LogP contribution in [0.15, 0.2) is 11.8 Å². The third kappa shape index (κ3) is 2.39. The molecule has 0 spiro atoms. The lowest BCUT2D eigenvalue weighted by Crippen LogP contribution is -2.12. The van der Waals surface area contributed by atoms with Crippen LogP contribution >= 0.6 is 0 Å². The van der Waals surface area contributed by atoms with Crippen LogP contribution in [0, 0.1) is 0 Å². The molecule has 0 aliphatic rings. The van der Waals surface area contributed by atoms with Gasteiger partial charge in [-0.05, 0) is 13.8 Å². The predicted octanol–water partition coefficient (Wildman–Crippen LogP) is 0.699. The van der Waals surface area contributed by atoms with Gasteiger partial charge in [-0.3, -0.25) is 4.79 Å². The highest BCUT2D eigenvalue weighted by Gasteiger charge is 1.84. The molecule has 2 heteroatoms. The van der Waals surface area contributed by atoms with Gasteiger partial charge < -0.3 is 5.32 Å². The fraction of sp³-hybridized carbons (Fsp3) is 0.500. The summed E-state index contributed by atoms with van der Waals surface area (Å²) in [6.45, 7) is 4.58. The van der Waals surface area contributed by atoms with Gasteiger partial charge in [0.25, 0.3) is 0 Å². The highest BCUT2D eigenvalue weighted by molar-refractivity contribution is 5.71. The van der Waals surface area contributed by atoms with E-state index < -0.39 is 0 Å². The maximum Gasteiger partial charge on any atom is 0.165 e. The summed E-state index contributed by atoms with van der Waals surface area (Å²) in [6.07, 6.45) is 2.56. The van der Waals surface area contributed by atoms with E-state index in [0.29, 0.717) is 5.70 Å². The van der Waals surface area contributed by atoms with Gasteiger partial charge in [0, 0.05) is 6.54 Å². The van der Waals surface area contributed by atoms with Gasteiger partial charge >= 0.3 is 0 Å². The average Bonchev–Trinajstić information content (AvgIpc) is 1.83. The summed E-state index contributed by atoms with van der Waals surface area (Å²) in [5.74, 6) is 0. The molecular weight excluding hydrogens is 102 g/mol. The summed E-state index contributed by atoms with van der Waals surface area (Å²) >= 11 is 0. The first kappa shape index (κ1) is 7.21. The van der Waals surface area contributed by atoms with Crippen molar-refractivity contribution in [3.05, 3.63) is 11.8 Å². The molecule has 1 N–H and O–H groups in total. The molecule has 2 nitrogen and oxygen atoms in total. The van der Waals surface area contributed by atoms with Crippen molar-refractivity contribution in [3.63, 3.8) is 0 Å². The molecule has 0 saturated heterocycles. The molecule has 0 fully saturated rings. The Labute approximate surface area is 49.6 Å². The van der Waals surface area contributed by atoms with Gasteiger partial charge in [0.15, 0.2) is 6.29 Å². The molecule has 0 saturated carbocycles. The minimum absolute atomic E-state index is 0.660. The molecule has 0 rings (SSSR count). The van der Waals surface area contributed by atoms with Crippen molar-refractivity contribution in [2.45, 2.75) is 13.8 Å². The van der Waals surface area contributed by atoms with Crippen LogP contribution in [-0.4, -0.2) is 12.8 Å². The van der Waals surface area contributed by atoms with Crippen LogP contribution in [0.3, 0.4) is 0 Å². The van der Waals surface area contributed by atoms with Gasteiger partial charge in [-0.25, -0.2) is 0 Å². The number of allylic oxidation sites excluding steroid dienone is 2. The van der Waals surface area contributed by atoms with E-state index in [-0.39, 0.29) is 0 Å². The number of likely N-dealkylation sites (N-methyl/N-ethyl adjacent to an activating group) is 1. The highest BCUT2D eigenvalue weighted by Crippen LogP contribution is 1.78. The number of rotatable bonds is 3. The maximum atomic E-state index is 10.00. The summed E-state index contributed by atoms with van der Waals surface area (Å²) in [6, 6.07) is 0. The van der Waals surface area contributed by atoms with Crippen molar-refractivity contribution in [1.82, 2.24) is 5.32 Å². The van der Waals surface area contributed by atoms with Gasteiger partial charge in [0.05, 0.1) is 5.70 Å². The lowest BCUT2D eigenvalue weighted by Gasteiger charge is -1.96. The topological polar surface area (TPSA) is 29.1 Å². The molecule has 0 unspecified atom stereocenters. The van der Waals surface area contributed by atoms with E-state index in [0.717, 1.165) is 12.8 Å². The molecule has 0 amide bonds. The van der Waals surface area contributed by atoms with Gasteiger partial charge in [0.2, 0.25) is 0 Å². The zero-order valence-corrected chi connectivity index (χ0v) is 5.27. The van der Waals surface area contributed by atoms with E-state index >= 15 is 0 Å². The fourth-order valence-corrected chi connectivity index (χ4v) is 0.416. The average molecular weight is 113 g/mol. The first-order valence-corrected chi connectivity index (χ1v) is 2.70. The van der Waals surface area contributed by atoms with Crippen molar-refractivity contribution in [3.8, 4) is 0 Å². The first-order valence-electron chi connectivity index (χ1n) is 2.70. The van der Waals surface area contributed by atoms with E-state index in [1.165, 1.54) is 0 Å². The number of hydrogen-bond acceptors (Lipinski definition) is 2. The summed E-state index contributed by atoms with van der Waals surface area (Å²) in [5.41, 5.74) is 0.660. The molecule has 46 valence electrons. The molecule has 0 aliphatic heterocycles. The summed E-state index contributed by atoms with van der Waals surface area (Å²) < 4.78 is 0. The number of carbonyl (C=O) groups excluding carboxylic acids is 1. The van der Waals surface area contributed by atoms with Crippen molar-refractivity contribution in [2.24, 2.45) is 0 Å². The van der Waals surface area contributed by atoms with Crippen molar-refractivity contribution in [2.75, 3.05) is 6.54 Å². The molecule has 0 aromatic carbocycles. The van der Waals surface area contributed by atoms with Crippen LogP contribution in [0.25, 0.3) is 0 Å². The third-order valence-corrected chi connectivity index (χ3v) is 0.819. The zero-order chi connectivity index (χ0) is 6.41. The zero-order valence-electron chi connectivity index (χ0n) is 5.27. The largest absolute Gasteiger partial charge is 0.383 e. The van der Waals surface area contributed by atoms with Gasteiger partial charge in [-0.2, -0.15) is 0 Å². The fourth-order valence-electron chi connectivity index (χ4n) is 0.416. The van der Waals surface area contributed by atoms with Gasteiger partial charge in [-0.15, -0.1) is 0 Å². The minimum atomic E-state index is 0.660. The molecule has 0 aromatic heterocycles. The molecular formula is C6H11NO. The van der Waals surface area contributed by atoms with E-state index in [9.17, 15) is 4.79 Å². The standard InChI is InChI=1S/C6H11NO/c1-3-6(5-8)7-4-2/h3,5,7H,4H2,1-2H3. The Kier molecular flexibility index (Phi) is 3.94. The Hall–Kier alpha value is -0.790. The van der Waals surface area contributed by atoms with Crippen LogP contribution in [0.2, 0.25) is 0 Å². The second kappa shape index (κ2) is 4.37. The van der Waals surface area contributed by atoms with E-state index in [2.05, 4.69) is 5.32 Å².